The maximum absolute atomic E-state index is 5.57. The van der Waals surface area contributed by atoms with Gasteiger partial charge < -0.3 is 14.8 Å². The third-order valence-electron chi connectivity index (χ3n) is 3.01. The van der Waals surface area contributed by atoms with Crippen molar-refractivity contribution in [1.29, 1.82) is 0 Å². The lowest BCUT2D eigenvalue weighted by Crippen LogP contribution is -2.30. The highest BCUT2D eigenvalue weighted by atomic mass is 16.5. The number of rotatable bonds is 7. The van der Waals surface area contributed by atoms with Gasteiger partial charge in [0.05, 0.1) is 19.3 Å². The van der Waals surface area contributed by atoms with Gasteiger partial charge in [-0.1, -0.05) is 25.5 Å². The summed E-state index contributed by atoms with van der Waals surface area (Å²) >= 11 is 0. The number of ether oxygens (including phenoxy) is 2. The summed E-state index contributed by atoms with van der Waals surface area (Å²) in [6.45, 7) is 2.17. The fraction of sp³-hybridized carbons (Fsp3) is 0.571. The molecule has 3 heteroatoms. The average molecular weight is 237 g/mol. The Bertz CT molecular complexity index is 328. The number of nitrogens with one attached hydrogen (secondary N) is 1. The van der Waals surface area contributed by atoms with E-state index >= 15 is 0 Å². The van der Waals surface area contributed by atoms with Crippen molar-refractivity contribution in [2.75, 3.05) is 21.3 Å². The van der Waals surface area contributed by atoms with Gasteiger partial charge in [0.25, 0.3) is 0 Å². The lowest BCUT2D eigenvalue weighted by Gasteiger charge is -2.26. The highest BCUT2D eigenvalue weighted by Crippen LogP contribution is 2.25. The fourth-order valence-electron chi connectivity index (χ4n) is 2.11. The van der Waals surface area contributed by atoms with E-state index in [-0.39, 0.29) is 12.1 Å². The van der Waals surface area contributed by atoms with Crippen LogP contribution in [0, 0.1) is 0 Å². The van der Waals surface area contributed by atoms with Crippen LogP contribution in [0.15, 0.2) is 24.3 Å². The van der Waals surface area contributed by atoms with E-state index in [2.05, 4.69) is 24.4 Å². The Hall–Kier alpha value is -1.06. The SMILES string of the molecule is CCCC(OC)C(NC)c1cccc(OC)c1. The predicted molar refractivity (Wildman–Crippen MR) is 70.5 cm³/mol. The molecular weight excluding hydrogens is 214 g/mol. The van der Waals surface area contributed by atoms with Gasteiger partial charge in [0, 0.05) is 7.11 Å². The summed E-state index contributed by atoms with van der Waals surface area (Å²) in [5, 5.41) is 3.32. The Morgan fingerprint density at radius 1 is 1.29 bits per heavy atom. The first kappa shape index (κ1) is 14.0. The van der Waals surface area contributed by atoms with Crippen molar-refractivity contribution in [1.82, 2.24) is 5.32 Å². The molecule has 0 radical (unpaired) electrons. The maximum atomic E-state index is 5.57. The Labute approximate surface area is 104 Å². The number of hydrogen-bond acceptors (Lipinski definition) is 3. The van der Waals surface area contributed by atoms with Crippen LogP contribution in [0.1, 0.15) is 31.4 Å². The smallest absolute Gasteiger partial charge is 0.119 e. The molecule has 0 fully saturated rings. The van der Waals surface area contributed by atoms with Crippen molar-refractivity contribution in [2.24, 2.45) is 0 Å². The summed E-state index contributed by atoms with van der Waals surface area (Å²) < 4.78 is 10.8. The number of hydrogen-bond donors (Lipinski definition) is 1. The van der Waals surface area contributed by atoms with E-state index in [1.807, 2.05) is 19.2 Å². The second-order valence-corrected chi connectivity index (χ2v) is 4.11. The van der Waals surface area contributed by atoms with E-state index < -0.39 is 0 Å². The molecule has 0 heterocycles. The molecule has 1 rings (SSSR count). The molecule has 0 amide bonds. The lowest BCUT2D eigenvalue weighted by atomic mass is 9.98. The van der Waals surface area contributed by atoms with E-state index in [1.54, 1.807) is 14.2 Å². The summed E-state index contributed by atoms with van der Waals surface area (Å²) in [6.07, 6.45) is 2.34. The number of methoxy groups -OCH3 is 2. The fourth-order valence-corrected chi connectivity index (χ4v) is 2.11. The van der Waals surface area contributed by atoms with Crippen LogP contribution in [0.5, 0.6) is 5.75 Å². The zero-order valence-corrected chi connectivity index (χ0v) is 11.2. The van der Waals surface area contributed by atoms with Gasteiger partial charge in [-0.25, -0.2) is 0 Å². The molecule has 0 spiro atoms. The van der Waals surface area contributed by atoms with Gasteiger partial charge >= 0.3 is 0 Å². The summed E-state index contributed by atoms with van der Waals surface area (Å²) in [7, 11) is 5.42. The van der Waals surface area contributed by atoms with Gasteiger partial charge in [-0.2, -0.15) is 0 Å². The lowest BCUT2D eigenvalue weighted by molar-refractivity contribution is 0.0630. The standard InChI is InChI=1S/C14H23NO2/c1-5-7-13(17-4)14(15-2)11-8-6-9-12(10-11)16-3/h6,8-10,13-15H,5,7H2,1-4H3. The second kappa shape index (κ2) is 7.30. The zero-order chi connectivity index (χ0) is 12.7. The van der Waals surface area contributed by atoms with Crippen molar-refractivity contribution in [3.8, 4) is 5.75 Å². The van der Waals surface area contributed by atoms with Crippen LogP contribution in [-0.4, -0.2) is 27.4 Å². The van der Waals surface area contributed by atoms with Crippen LogP contribution in [0.2, 0.25) is 0 Å². The molecule has 1 aromatic carbocycles. The predicted octanol–water partition coefficient (Wildman–Crippen LogP) is 2.77. The number of likely N-dealkylation sites (N-methyl/N-ethyl adjacent to an activating group) is 1. The molecule has 2 atom stereocenters. The molecule has 0 aliphatic rings. The number of benzene rings is 1. The summed E-state index contributed by atoms with van der Waals surface area (Å²) in [6, 6.07) is 8.33. The van der Waals surface area contributed by atoms with E-state index in [1.165, 1.54) is 5.56 Å². The molecule has 17 heavy (non-hydrogen) atoms. The van der Waals surface area contributed by atoms with Crippen LogP contribution in [-0.2, 0) is 4.74 Å². The molecule has 0 bridgehead atoms. The minimum Gasteiger partial charge on any atom is -0.497 e. The molecule has 0 aliphatic carbocycles. The van der Waals surface area contributed by atoms with Gasteiger partial charge in [0.1, 0.15) is 5.75 Å². The molecule has 2 unspecified atom stereocenters. The van der Waals surface area contributed by atoms with Crippen LogP contribution in [0.4, 0.5) is 0 Å². The molecular formula is C14H23NO2. The largest absolute Gasteiger partial charge is 0.497 e. The van der Waals surface area contributed by atoms with E-state index in [0.29, 0.717) is 0 Å². The van der Waals surface area contributed by atoms with Crippen molar-refractivity contribution in [3.63, 3.8) is 0 Å². The van der Waals surface area contributed by atoms with Crippen molar-refractivity contribution < 1.29 is 9.47 Å². The highest BCUT2D eigenvalue weighted by Gasteiger charge is 2.20. The third-order valence-corrected chi connectivity index (χ3v) is 3.01. The second-order valence-electron chi connectivity index (χ2n) is 4.11. The van der Waals surface area contributed by atoms with Crippen molar-refractivity contribution >= 4 is 0 Å². The molecule has 0 aliphatic heterocycles. The summed E-state index contributed by atoms with van der Waals surface area (Å²) in [5.41, 5.74) is 1.20. The van der Waals surface area contributed by atoms with E-state index in [9.17, 15) is 0 Å². The molecule has 0 saturated heterocycles. The Kier molecular flexibility index (Phi) is 6.01. The van der Waals surface area contributed by atoms with Gasteiger partial charge in [0.15, 0.2) is 0 Å². The van der Waals surface area contributed by atoms with E-state index in [4.69, 9.17) is 9.47 Å². The maximum Gasteiger partial charge on any atom is 0.119 e. The first-order valence-electron chi connectivity index (χ1n) is 6.10. The third kappa shape index (κ3) is 3.72. The van der Waals surface area contributed by atoms with Crippen LogP contribution >= 0.6 is 0 Å². The normalized spacial score (nSPS) is 14.4. The minimum absolute atomic E-state index is 0.192. The first-order chi connectivity index (χ1) is 8.26. The minimum atomic E-state index is 0.192. The van der Waals surface area contributed by atoms with Crippen LogP contribution in [0.25, 0.3) is 0 Å². The van der Waals surface area contributed by atoms with Gasteiger partial charge in [0.2, 0.25) is 0 Å². The molecule has 96 valence electrons. The Balaban J connectivity index is 2.90. The first-order valence-corrected chi connectivity index (χ1v) is 6.10. The molecule has 1 aromatic rings. The quantitative estimate of drug-likeness (QED) is 0.791. The van der Waals surface area contributed by atoms with Crippen LogP contribution in [0.3, 0.4) is 0 Å². The summed E-state index contributed by atoms with van der Waals surface area (Å²) in [4.78, 5) is 0. The Morgan fingerprint density at radius 2 is 2.06 bits per heavy atom. The molecule has 0 saturated carbocycles. The van der Waals surface area contributed by atoms with Crippen LogP contribution < -0.4 is 10.1 Å². The average Bonchev–Trinajstić information content (AvgIpc) is 2.38. The monoisotopic (exact) mass is 237 g/mol. The highest BCUT2D eigenvalue weighted by molar-refractivity contribution is 5.31. The van der Waals surface area contributed by atoms with Gasteiger partial charge in [-0.15, -0.1) is 0 Å². The van der Waals surface area contributed by atoms with E-state index in [0.717, 1.165) is 18.6 Å². The van der Waals surface area contributed by atoms with Gasteiger partial charge in [-0.05, 0) is 31.2 Å². The summed E-state index contributed by atoms with van der Waals surface area (Å²) in [5.74, 6) is 0.883. The topological polar surface area (TPSA) is 30.5 Å². The Morgan fingerprint density at radius 3 is 2.59 bits per heavy atom. The molecule has 3 nitrogen and oxygen atoms in total. The molecule has 0 aromatic heterocycles. The van der Waals surface area contributed by atoms with Crippen molar-refractivity contribution in [3.05, 3.63) is 29.8 Å². The zero-order valence-electron chi connectivity index (χ0n) is 11.2. The van der Waals surface area contributed by atoms with Crippen molar-refractivity contribution in [2.45, 2.75) is 31.9 Å². The molecule has 1 N–H and O–H groups in total. The van der Waals surface area contributed by atoms with Gasteiger partial charge in [-0.3, -0.25) is 0 Å².